The second-order valence-electron chi connectivity index (χ2n) is 4.39. The van der Waals surface area contributed by atoms with Crippen LogP contribution in [0.25, 0.3) is 0 Å². The van der Waals surface area contributed by atoms with Crippen LogP contribution in [0.4, 0.5) is 5.69 Å². The number of ether oxygens (including phenoxy) is 2. The highest BCUT2D eigenvalue weighted by Crippen LogP contribution is 2.27. The number of carbonyl (C=O) groups is 1. The number of aliphatic carboxylic acids is 1. The summed E-state index contributed by atoms with van der Waals surface area (Å²) in [5, 5.41) is 37.8. The Kier molecular flexibility index (Phi) is 4.09. The minimum atomic E-state index is -1.75. The average Bonchev–Trinajstić information content (AvgIpc) is 2.41. The largest absolute Gasteiger partial charge is 0.479 e. The van der Waals surface area contributed by atoms with Crippen LogP contribution in [0.15, 0.2) is 24.3 Å². The second kappa shape index (κ2) is 5.63. The normalized spacial score (nSPS) is 33.6. The molecule has 20 heavy (non-hydrogen) atoms. The highest BCUT2D eigenvalue weighted by atomic mass is 16.7. The average molecular weight is 285 g/mol. The zero-order chi connectivity index (χ0) is 14.9. The topological polar surface area (TPSA) is 142 Å². The Labute approximate surface area is 114 Å². The number of benzene rings is 1. The third kappa shape index (κ3) is 2.68. The van der Waals surface area contributed by atoms with Gasteiger partial charge in [0.25, 0.3) is 0 Å². The third-order valence-electron chi connectivity index (χ3n) is 2.98. The fourth-order valence-corrected chi connectivity index (χ4v) is 1.86. The third-order valence-corrected chi connectivity index (χ3v) is 2.98. The molecule has 1 aliphatic heterocycles. The molecule has 1 heterocycles. The molecule has 2 rings (SSSR count). The van der Waals surface area contributed by atoms with Crippen molar-refractivity contribution in [1.82, 2.24) is 0 Å². The van der Waals surface area contributed by atoms with Crippen molar-refractivity contribution in [3.05, 3.63) is 24.3 Å². The van der Waals surface area contributed by atoms with Gasteiger partial charge in [-0.1, -0.05) is 12.1 Å². The summed E-state index contributed by atoms with van der Waals surface area (Å²) in [5.74, 6) is -1.30. The Bertz CT molecular complexity index is 494. The van der Waals surface area contributed by atoms with E-state index in [2.05, 4.69) is 0 Å². The smallest absolute Gasteiger partial charge is 0.335 e. The maximum absolute atomic E-state index is 10.9. The van der Waals surface area contributed by atoms with Crippen molar-refractivity contribution < 1.29 is 34.7 Å². The van der Waals surface area contributed by atoms with Gasteiger partial charge in [0.15, 0.2) is 6.10 Å². The summed E-state index contributed by atoms with van der Waals surface area (Å²) < 4.78 is 10.2. The maximum atomic E-state index is 10.9. The number of aliphatic hydroxyl groups excluding tert-OH is 3. The summed E-state index contributed by atoms with van der Waals surface area (Å²) in [6.07, 6.45) is -8.24. The number of anilines is 1. The monoisotopic (exact) mass is 285 g/mol. The number of hydrogen-bond acceptors (Lipinski definition) is 7. The molecular weight excluding hydrogens is 270 g/mol. The van der Waals surface area contributed by atoms with Crippen molar-refractivity contribution in [3.8, 4) is 5.75 Å². The van der Waals surface area contributed by atoms with Crippen molar-refractivity contribution in [2.24, 2.45) is 0 Å². The Morgan fingerprint density at radius 1 is 1.15 bits per heavy atom. The van der Waals surface area contributed by atoms with Crippen LogP contribution in [0.1, 0.15) is 0 Å². The Hall–Kier alpha value is -1.87. The first-order chi connectivity index (χ1) is 9.41. The molecule has 1 aliphatic rings. The molecule has 8 nitrogen and oxygen atoms in total. The van der Waals surface area contributed by atoms with E-state index in [0.29, 0.717) is 0 Å². The van der Waals surface area contributed by atoms with E-state index in [1.54, 1.807) is 18.2 Å². The van der Waals surface area contributed by atoms with Crippen LogP contribution in [0, 0.1) is 0 Å². The van der Waals surface area contributed by atoms with Gasteiger partial charge in [0.1, 0.15) is 24.1 Å². The number of nitrogen functional groups attached to an aromatic ring is 1. The molecule has 0 amide bonds. The molecule has 0 radical (unpaired) electrons. The highest BCUT2D eigenvalue weighted by Gasteiger charge is 2.48. The lowest BCUT2D eigenvalue weighted by Crippen LogP contribution is -2.61. The van der Waals surface area contributed by atoms with Gasteiger partial charge < -0.3 is 35.6 Å². The van der Waals surface area contributed by atoms with Crippen LogP contribution >= 0.6 is 0 Å². The first-order valence-corrected chi connectivity index (χ1v) is 5.85. The lowest BCUT2D eigenvalue weighted by molar-refractivity contribution is -0.271. The van der Waals surface area contributed by atoms with Crippen molar-refractivity contribution in [2.75, 3.05) is 5.73 Å². The van der Waals surface area contributed by atoms with Crippen LogP contribution in [0.3, 0.4) is 0 Å². The van der Waals surface area contributed by atoms with E-state index < -0.39 is 36.7 Å². The van der Waals surface area contributed by atoms with Gasteiger partial charge in [-0.05, 0) is 12.1 Å². The Morgan fingerprint density at radius 3 is 2.40 bits per heavy atom. The van der Waals surface area contributed by atoms with E-state index in [9.17, 15) is 20.1 Å². The predicted octanol–water partition coefficient (Wildman–Crippen LogP) is -1.46. The molecule has 5 atom stereocenters. The van der Waals surface area contributed by atoms with Gasteiger partial charge in [0, 0.05) is 0 Å². The van der Waals surface area contributed by atoms with Crippen LogP contribution in [-0.4, -0.2) is 57.1 Å². The number of hydrogen-bond donors (Lipinski definition) is 5. The first-order valence-electron chi connectivity index (χ1n) is 5.85. The summed E-state index contributed by atoms with van der Waals surface area (Å²) in [6, 6.07) is 6.34. The fraction of sp³-hybridized carbons (Fsp3) is 0.417. The molecule has 1 aromatic rings. The van der Waals surface area contributed by atoms with E-state index in [4.69, 9.17) is 20.3 Å². The molecule has 6 N–H and O–H groups in total. The summed E-state index contributed by atoms with van der Waals surface area (Å²) in [6.45, 7) is 0. The fourth-order valence-electron chi connectivity index (χ4n) is 1.86. The van der Waals surface area contributed by atoms with E-state index >= 15 is 0 Å². The quantitative estimate of drug-likeness (QED) is 0.424. The van der Waals surface area contributed by atoms with Crippen molar-refractivity contribution in [2.45, 2.75) is 30.7 Å². The molecule has 0 bridgehead atoms. The van der Waals surface area contributed by atoms with Crippen LogP contribution in [-0.2, 0) is 9.53 Å². The SMILES string of the molecule is Nc1ccccc1OC1O[C@H](C(=O)O)[C@@H](O)[C@H](O)[C@H]1O. The number of carboxylic acid groups (broad SMARTS) is 1. The molecule has 110 valence electrons. The zero-order valence-electron chi connectivity index (χ0n) is 10.3. The molecule has 0 aliphatic carbocycles. The summed E-state index contributed by atoms with van der Waals surface area (Å²) in [4.78, 5) is 10.9. The lowest BCUT2D eigenvalue weighted by atomic mass is 9.99. The van der Waals surface area contributed by atoms with Gasteiger partial charge in [-0.25, -0.2) is 4.79 Å². The Morgan fingerprint density at radius 2 is 1.80 bits per heavy atom. The number of rotatable bonds is 3. The molecule has 1 aromatic carbocycles. The predicted molar refractivity (Wildman–Crippen MR) is 65.8 cm³/mol. The van der Waals surface area contributed by atoms with Crippen molar-refractivity contribution in [3.63, 3.8) is 0 Å². The van der Waals surface area contributed by atoms with Crippen LogP contribution < -0.4 is 10.5 Å². The van der Waals surface area contributed by atoms with Gasteiger partial charge in [-0.3, -0.25) is 0 Å². The molecule has 1 saturated heterocycles. The molecule has 0 saturated carbocycles. The van der Waals surface area contributed by atoms with E-state index in [1.165, 1.54) is 6.07 Å². The Balaban J connectivity index is 2.18. The highest BCUT2D eigenvalue weighted by molar-refractivity contribution is 5.73. The van der Waals surface area contributed by atoms with Crippen LogP contribution in [0.2, 0.25) is 0 Å². The lowest BCUT2D eigenvalue weighted by Gasteiger charge is -2.38. The second-order valence-corrected chi connectivity index (χ2v) is 4.39. The van der Waals surface area contributed by atoms with Gasteiger partial charge in [-0.2, -0.15) is 0 Å². The molecule has 0 spiro atoms. The molecule has 1 fully saturated rings. The minimum Gasteiger partial charge on any atom is -0.479 e. The molecule has 1 unspecified atom stereocenters. The zero-order valence-corrected chi connectivity index (χ0v) is 10.3. The standard InChI is InChI=1S/C12H15NO7/c13-5-3-1-2-4-6(5)19-12-9(16)7(14)8(15)10(20-12)11(17)18/h1-4,7-10,12,14-16H,13H2,(H,17,18)/t7-,8-,9+,10-,12?/m0/s1. The van der Waals surface area contributed by atoms with Gasteiger partial charge >= 0.3 is 5.97 Å². The van der Waals surface area contributed by atoms with Gasteiger partial charge in [0.05, 0.1) is 5.69 Å². The van der Waals surface area contributed by atoms with Gasteiger partial charge in [-0.15, -0.1) is 0 Å². The summed E-state index contributed by atoms with van der Waals surface area (Å²) >= 11 is 0. The maximum Gasteiger partial charge on any atom is 0.335 e. The van der Waals surface area contributed by atoms with E-state index in [-0.39, 0.29) is 11.4 Å². The number of para-hydroxylation sites is 2. The first kappa shape index (κ1) is 14.5. The molecule has 0 aromatic heterocycles. The van der Waals surface area contributed by atoms with Crippen molar-refractivity contribution >= 4 is 11.7 Å². The van der Waals surface area contributed by atoms with Crippen LogP contribution in [0.5, 0.6) is 5.75 Å². The molecular formula is C12H15NO7. The summed E-state index contributed by atoms with van der Waals surface area (Å²) in [5.41, 5.74) is 5.91. The molecule has 8 heteroatoms. The van der Waals surface area contributed by atoms with Gasteiger partial charge in [0.2, 0.25) is 6.29 Å². The minimum absolute atomic E-state index is 0.171. The summed E-state index contributed by atoms with van der Waals surface area (Å²) in [7, 11) is 0. The van der Waals surface area contributed by atoms with E-state index in [0.717, 1.165) is 0 Å². The van der Waals surface area contributed by atoms with E-state index in [1.807, 2.05) is 0 Å². The number of nitrogens with two attached hydrogens (primary N) is 1. The number of carboxylic acids is 1. The number of aliphatic hydroxyl groups is 3. The van der Waals surface area contributed by atoms with Crippen molar-refractivity contribution in [1.29, 1.82) is 0 Å².